The van der Waals surface area contributed by atoms with E-state index in [-0.39, 0.29) is 5.91 Å². The average Bonchev–Trinajstić information content (AvgIpc) is 2.27. The fraction of sp³-hybridized carbons (Fsp3) is 0.417. The summed E-state index contributed by atoms with van der Waals surface area (Å²) in [7, 11) is 1.64. The third-order valence-electron chi connectivity index (χ3n) is 2.13. The molecule has 88 valence electrons. The zero-order valence-corrected chi connectivity index (χ0v) is 10.9. The summed E-state index contributed by atoms with van der Waals surface area (Å²) >= 11 is 3.39. The van der Waals surface area contributed by atoms with Gasteiger partial charge >= 0.3 is 0 Å². The Hall–Kier alpha value is -0.870. The Balaban J connectivity index is 2.26. The van der Waals surface area contributed by atoms with Crippen molar-refractivity contribution in [1.29, 1.82) is 0 Å². The van der Waals surface area contributed by atoms with Crippen LogP contribution in [0.5, 0.6) is 0 Å². The maximum atomic E-state index is 11.4. The van der Waals surface area contributed by atoms with Crippen LogP contribution in [-0.2, 0) is 16.1 Å². The van der Waals surface area contributed by atoms with Crippen LogP contribution in [0, 0.1) is 0 Å². The molecule has 0 aliphatic carbocycles. The molecule has 0 radical (unpaired) electrons. The fourth-order valence-electron chi connectivity index (χ4n) is 1.31. The van der Waals surface area contributed by atoms with Crippen LogP contribution >= 0.6 is 15.9 Å². The number of ether oxygens (including phenoxy) is 1. The van der Waals surface area contributed by atoms with E-state index < -0.39 is 0 Å². The first-order valence-corrected chi connectivity index (χ1v) is 6.02. The van der Waals surface area contributed by atoms with Gasteiger partial charge in [0.25, 0.3) is 0 Å². The third kappa shape index (κ3) is 5.28. The molecule has 0 aromatic heterocycles. The topological polar surface area (TPSA) is 38.3 Å². The second kappa shape index (κ2) is 7.41. The van der Waals surface area contributed by atoms with Gasteiger partial charge in [0.2, 0.25) is 5.91 Å². The van der Waals surface area contributed by atoms with E-state index in [9.17, 15) is 4.79 Å². The number of hydrogen-bond acceptors (Lipinski definition) is 2. The van der Waals surface area contributed by atoms with E-state index >= 15 is 0 Å². The lowest BCUT2D eigenvalue weighted by Gasteiger charge is -2.05. The molecule has 1 amide bonds. The van der Waals surface area contributed by atoms with Gasteiger partial charge in [-0.3, -0.25) is 4.79 Å². The molecule has 0 aliphatic rings. The fourth-order valence-corrected chi connectivity index (χ4v) is 1.76. The van der Waals surface area contributed by atoms with Crippen molar-refractivity contribution in [1.82, 2.24) is 5.32 Å². The number of carbonyl (C=O) groups excluding carboxylic acids is 1. The van der Waals surface area contributed by atoms with Crippen molar-refractivity contribution in [2.45, 2.75) is 19.4 Å². The molecule has 3 nitrogen and oxygen atoms in total. The van der Waals surface area contributed by atoms with Crippen molar-refractivity contribution in [2.24, 2.45) is 0 Å². The molecule has 0 saturated carbocycles. The van der Waals surface area contributed by atoms with Crippen LogP contribution in [0.25, 0.3) is 0 Å². The molecule has 0 spiro atoms. The van der Waals surface area contributed by atoms with Crippen LogP contribution in [0.1, 0.15) is 18.4 Å². The Morgan fingerprint density at radius 1 is 1.50 bits per heavy atom. The second-order valence-electron chi connectivity index (χ2n) is 3.50. The second-order valence-corrected chi connectivity index (χ2v) is 4.42. The predicted octanol–water partition coefficient (Wildman–Crippen LogP) is 2.49. The molecule has 1 N–H and O–H groups in total. The molecular formula is C12H16BrNO2. The summed E-state index contributed by atoms with van der Waals surface area (Å²) in [6.45, 7) is 1.20. The normalized spacial score (nSPS) is 10.1. The lowest BCUT2D eigenvalue weighted by atomic mass is 10.2. The Kier molecular flexibility index (Phi) is 6.11. The zero-order valence-electron chi connectivity index (χ0n) is 9.33. The van der Waals surface area contributed by atoms with Gasteiger partial charge < -0.3 is 10.1 Å². The van der Waals surface area contributed by atoms with Gasteiger partial charge in [0, 0.05) is 31.2 Å². The molecule has 1 aromatic carbocycles. The van der Waals surface area contributed by atoms with E-state index in [2.05, 4.69) is 21.2 Å². The van der Waals surface area contributed by atoms with Gasteiger partial charge in [-0.2, -0.15) is 0 Å². The molecule has 1 aromatic rings. The number of methoxy groups -OCH3 is 1. The summed E-state index contributed by atoms with van der Waals surface area (Å²) in [6.07, 6.45) is 1.28. The summed E-state index contributed by atoms with van der Waals surface area (Å²) in [5, 5.41) is 2.87. The number of carbonyl (C=O) groups is 1. The van der Waals surface area contributed by atoms with Crippen molar-refractivity contribution in [3.63, 3.8) is 0 Å². The van der Waals surface area contributed by atoms with E-state index in [4.69, 9.17) is 4.74 Å². The Labute approximate surface area is 104 Å². The van der Waals surface area contributed by atoms with E-state index in [1.54, 1.807) is 7.11 Å². The van der Waals surface area contributed by atoms with E-state index in [1.165, 1.54) is 0 Å². The average molecular weight is 286 g/mol. The minimum Gasteiger partial charge on any atom is -0.385 e. The minimum atomic E-state index is 0.0667. The number of benzene rings is 1. The molecule has 0 aliphatic heterocycles. The lowest BCUT2D eigenvalue weighted by Crippen LogP contribution is -2.22. The molecule has 0 atom stereocenters. The molecule has 0 saturated heterocycles. The molecule has 1 rings (SSSR count). The summed E-state index contributed by atoms with van der Waals surface area (Å²) in [5.74, 6) is 0.0667. The van der Waals surface area contributed by atoms with Crippen molar-refractivity contribution < 1.29 is 9.53 Å². The maximum absolute atomic E-state index is 11.4. The highest BCUT2D eigenvalue weighted by Gasteiger charge is 2.01. The number of hydrogen-bond donors (Lipinski definition) is 1. The first kappa shape index (κ1) is 13.2. The van der Waals surface area contributed by atoms with Crippen LogP contribution in [-0.4, -0.2) is 19.6 Å². The summed E-state index contributed by atoms with van der Waals surface area (Å²) < 4.78 is 5.91. The molecule has 0 heterocycles. The largest absolute Gasteiger partial charge is 0.385 e. The maximum Gasteiger partial charge on any atom is 0.220 e. The third-order valence-corrected chi connectivity index (χ3v) is 2.62. The lowest BCUT2D eigenvalue weighted by molar-refractivity contribution is -0.121. The van der Waals surface area contributed by atoms with E-state index in [0.717, 1.165) is 16.5 Å². The van der Waals surface area contributed by atoms with Gasteiger partial charge in [0.1, 0.15) is 0 Å². The monoisotopic (exact) mass is 285 g/mol. The number of amides is 1. The Bertz CT molecular complexity index is 342. The zero-order chi connectivity index (χ0) is 11.8. The molecule has 4 heteroatoms. The minimum absolute atomic E-state index is 0.0667. The van der Waals surface area contributed by atoms with Crippen LogP contribution in [0.3, 0.4) is 0 Å². The van der Waals surface area contributed by atoms with Crippen molar-refractivity contribution >= 4 is 21.8 Å². The predicted molar refractivity (Wildman–Crippen MR) is 67.1 cm³/mol. The van der Waals surface area contributed by atoms with E-state index in [0.29, 0.717) is 19.6 Å². The van der Waals surface area contributed by atoms with Crippen molar-refractivity contribution in [3.05, 3.63) is 34.3 Å². The highest BCUT2D eigenvalue weighted by atomic mass is 79.9. The standard InChI is InChI=1S/C12H16BrNO2/c1-16-7-3-6-12(15)14-9-10-4-2-5-11(13)8-10/h2,4-5,8H,3,6-7,9H2,1H3,(H,14,15). The van der Waals surface area contributed by atoms with Gasteiger partial charge in [0.05, 0.1) is 0 Å². The first-order valence-electron chi connectivity index (χ1n) is 5.22. The smallest absolute Gasteiger partial charge is 0.220 e. The van der Waals surface area contributed by atoms with Gasteiger partial charge in [-0.25, -0.2) is 0 Å². The first-order chi connectivity index (χ1) is 7.72. The molecular weight excluding hydrogens is 270 g/mol. The summed E-state index contributed by atoms with van der Waals surface area (Å²) in [5.41, 5.74) is 1.09. The number of halogens is 1. The van der Waals surface area contributed by atoms with E-state index in [1.807, 2.05) is 24.3 Å². The highest BCUT2D eigenvalue weighted by molar-refractivity contribution is 9.10. The summed E-state index contributed by atoms with van der Waals surface area (Å²) in [4.78, 5) is 11.4. The molecule has 16 heavy (non-hydrogen) atoms. The van der Waals surface area contributed by atoms with Crippen molar-refractivity contribution in [3.8, 4) is 0 Å². The highest BCUT2D eigenvalue weighted by Crippen LogP contribution is 2.11. The van der Waals surface area contributed by atoms with Gasteiger partial charge in [-0.05, 0) is 24.1 Å². The quantitative estimate of drug-likeness (QED) is 0.816. The van der Waals surface area contributed by atoms with Gasteiger partial charge in [0.15, 0.2) is 0 Å². The summed E-state index contributed by atoms with van der Waals surface area (Å²) in [6, 6.07) is 7.90. The Morgan fingerprint density at radius 3 is 3.00 bits per heavy atom. The van der Waals surface area contributed by atoms with Crippen LogP contribution in [0.2, 0.25) is 0 Å². The van der Waals surface area contributed by atoms with Crippen LogP contribution < -0.4 is 5.32 Å². The van der Waals surface area contributed by atoms with Gasteiger partial charge in [-0.15, -0.1) is 0 Å². The van der Waals surface area contributed by atoms with Crippen LogP contribution in [0.15, 0.2) is 28.7 Å². The molecule has 0 fully saturated rings. The molecule has 0 bridgehead atoms. The number of rotatable bonds is 6. The SMILES string of the molecule is COCCCC(=O)NCc1cccc(Br)c1. The van der Waals surface area contributed by atoms with Gasteiger partial charge in [-0.1, -0.05) is 28.1 Å². The number of nitrogens with one attached hydrogen (secondary N) is 1. The van der Waals surface area contributed by atoms with Crippen molar-refractivity contribution in [2.75, 3.05) is 13.7 Å². The molecule has 0 unspecified atom stereocenters. The van der Waals surface area contributed by atoms with Crippen LogP contribution in [0.4, 0.5) is 0 Å². The Morgan fingerprint density at radius 2 is 2.31 bits per heavy atom.